The molecule has 102 valence electrons. The minimum absolute atomic E-state index is 0.0542. The van der Waals surface area contributed by atoms with Crippen LogP contribution in [0.4, 0.5) is 0 Å². The normalized spacial score (nSPS) is 18.3. The van der Waals surface area contributed by atoms with Gasteiger partial charge in [0.15, 0.2) is 0 Å². The maximum absolute atomic E-state index is 9.43. The molecule has 0 saturated carbocycles. The maximum atomic E-state index is 9.43. The molecular formula is C14H24N2OS. The third-order valence-electron chi connectivity index (χ3n) is 3.48. The predicted octanol–water partition coefficient (Wildman–Crippen LogP) is 1.99. The Kier molecular flexibility index (Phi) is 5.63. The molecule has 2 heterocycles. The van der Waals surface area contributed by atoms with Crippen molar-refractivity contribution < 1.29 is 5.11 Å². The second-order valence-corrected chi connectivity index (χ2v) is 6.49. The summed E-state index contributed by atoms with van der Waals surface area (Å²) in [7, 11) is 0. The topological polar surface area (TPSA) is 35.5 Å². The average molecular weight is 268 g/mol. The Hall–Kier alpha value is -0.420. The van der Waals surface area contributed by atoms with Crippen LogP contribution in [0.5, 0.6) is 0 Å². The molecule has 0 bridgehead atoms. The van der Waals surface area contributed by atoms with Gasteiger partial charge in [0.2, 0.25) is 0 Å². The van der Waals surface area contributed by atoms with Crippen LogP contribution in [0.25, 0.3) is 0 Å². The van der Waals surface area contributed by atoms with Crippen molar-refractivity contribution in [2.75, 3.05) is 26.2 Å². The van der Waals surface area contributed by atoms with Gasteiger partial charge in [-0.25, -0.2) is 0 Å². The first-order valence-corrected chi connectivity index (χ1v) is 7.72. The Labute approximate surface area is 114 Å². The Bertz CT molecular complexity index is 345. The summed E-state index contributed by atoms with van der Waals surface area (Å²) in [5.74, 6) is 0. The van der Waals surface area contributed by atoms with Gasteiger partial charge >= 0.3 is 0 Å². The Morgan fingerprint density at radius 2 is 2.17 bits per heavy atom. The third kappa shape index (κ3) is 4.69. The van der Waals surface area contributed by atoms with Gasteiger partial charge in [0.05, 0.1) is 6.10 Å². The molecule has 0 atom stereocenters. The molecule has 0 aliphatic carbocycles. The molecule has 4 heteroatoms. The van der Waals surface area contributed by atoms with Crippen molar-refractivity contribution in [2.45, 2.75) is 38.8 Å². The molecule has 1 aromatic rings. The van der Waals surface area contributed by atoms with E-state index < -0.39 is 0 Å². The van der Waals surface area contributed by atoms with Gasteiger partial charge in [-0.2, -0.15) is 0 Å². The number of hydrogen-bond acceptors (Lipinski definition) is 4. The number of aryl methyl sites for hydroxylation is 1. The first-order chi connectivity index (χ1) is 8.74. The Morgan fingerprint density at radius 1 is 1.39 bits per heavy atom. The number of piperidine rings is 1. The first kappa shape index (κ1) is 14.0. The van der Waals surface area contributed by atoms with Gasteiger partial charge in [-0.3, -0.25) is 0 Å². The summed E-state index contributed by atoms with van der Waals surface area (Å²) in [6.45, 7) is 7.51. The van der Waals surface area contributed by atoms with E-state index in [9.17, 15) is 5.11 Å². The van der Waals surface area contributed by atoms with Gasteiger partial charge in [-0.15, -0.1) is 11.3 Å². The molecule has 2 N–H and O–H groups in total. The number of hydrogen-bond donors (Lipinski definition) is 2. The minimum Gasteiger partial charge on any atom is -0.393 e. The van der Waals surface area contributed by atoms with Crippen molar-refractivity contribution in [2.24, 2.45) is 0 Å². The molecule has 1 fully saturated rings. The quantitative estimate of drug-likeness (QED) is 0.775. The van der Waals surface area contributed by atoms with Gasteiger partial charge in [-0.1, -0.05) is 0 Å². The summed E-state index contributed by atoms with van der Waals surface area (Å²) < 4.78 is 0. The fourth-order valence-electron chi connectivity index (χ4n) is 2.36. The van der Waals surface area contributed by atoms with E-state index in [2.05, 4.69) is 29.3 Å². The van der Waals surface area contributed by atoms with E-state index in [1.54, 1.807) is 0 Å². The summed E-state index contributed by atoms with van der Waals surface area (Å²) in [5.41, 5.74) is 0. The first-order valence-electron chi connectivity index (χ1n) is 6.90. The molecule has 1 saturated heterocycles. The molecule has 1 aliphatic rings. The van der Waals surface area contributed by atoms with Gasteiger partial charge in [0, 0.05) is 29.4 Å². The Morgan fingerprint density at radius 3 is 2.83 bits per heavy atom. The number of nitrogens with one attached hydrogen (secondary N) is 1. The van der Waals surface area contributed by atoms with E-state index in [1.807, 2.05) is 11.3 Å². The molecule has 0 amide bonds. The van der Waals surface area contributed by atoms with E-state index in [4.69, 9.17) is 0 Å². The Balaban J connectivity index is 1.51. The van der Waals surface area contributed by atoms with Crippen LogP contribution in [0.1, 0.15) is 29.0 Å². The van der Waals surface area contributed by atoms with E-state index >= 15 is 0 Å². The van der Waals surface area contributed by atoms with Crippen LogP contribution in [0.15, 0.2) is 12.1 Å². The molecule has 0 spiro atoms. The highest BCUT2D eigenvalue weighted by molar-refractivity contribution is 7.11. The summed E-state index contributed by atoms with van der Waals surface area (Å²) in [6.07, 6.45) is 3.03. The molecular weight excluding hydrogens is 244 g/mol. The zero-order valence-corrected chi connectivity index (χ0v) is 12.0. The summed E-state index contributed by atoms with van der Waals surface area (Å²) in [4.78, 5) is 5.27. The van der Waals surface area contributed by atoms with E-state index in [0.717, 1.165) is 45.6 Å². The zero-order chi connectivity index (χ0) is 12.8. The summed E-state index contributed by atoms with van der Waals surface area (Å²) in [6, 6.07) is 4.39. The van der Waals surface area contributed by atoms with Crippen molar-refractivity contribution in [3.63, 3.8) is 0 Å². The molecule has 2 rings (SSSR count). The molecule has 1 aliphatic heterocycles. The van der Waals surface area contributed by atoms with Gasteiger partial charge in [0.25, 0.3) is 0 Å². The SMILES string of the molecule is Cc1ccc(CNCCCN2CCC(O)CC2)s1. The highest BCUT2D eigenvalue weighted by Crippen LogP contribution is 2.14. The average Bonchev–Trinajstić information content (AvgIpc) is 2.77. The van der Waals surface area contributed by atoms with Crippen molar-refractivity contribution in [1.82, 2.24) is 10.2 Å². The van der Waals surface area contributed by atoms with E-state index in [-0.39, 0.29) is 6.10 Å². The monoisotopic (exact) mass is 268 g/mol. The number of aliphatic hydroxyl groups is 1. The van der Waals surface area contributed by atoms with Gasteiger partial charge in [-0.05, 0) is 51.4 Å². The van der Waals surface area contributed by atoms with Gasteiger partial charge < -0.3 is 15.3 Å². The lowest BCUT2D eigenvalue weighted by Gasteiger charge is -2.29. The van der Waals surface area contributed by atoms with Crippen molar-refractivity contribution in [3.8, 4) is 0 Å². The van der Waals surface area contributed by atoms with Crippen LogP contribution in [0.3, 0.4) is 0 Å². The van der Waals surface area contributed by atoms with Crippen LogP contribution in [-0.4, -0.2) is 42.3 Å². The van der Waals surface area contributed by atoms with Gasteiger partial charge in [0.1, 0.15) is 0 Å². The minimum atomic E-state index is -0.0542. The lowest BCUT2D eigenvalue weighted by atomic mass is 10.1. The van der Waals surface area contributed by atoms with Crippen LogP contribution < -0.4 is 5.32 Å². The molecule has 0 aromatic carbocycles. The van der Waals surface area contributed by atoms with Crippen molar-refractivity contribution in [1.29, 1.82) is 0 Å². The standard InChI is InChI=1S/C14H24N2OS/c1-12-3-4-14(18-12)11-15-7-2-8-16-9-5-13(17)6-10-16/h3-4,13,15,17H,2,5-11H2,1H3. The number of aliphatic hydroxyl groups excluding tert-OH is 1. The lowest BCUT2D eigenvalue weighted by Crippen LogP contribution is -2.37. The second-order valence-electron chi connectivity index (χ2n) is 5.12. The van der Waals surface area contributed by atoms with E-state index in [1.165, 1.54) is 16.2 Å². The highest BCUT2D eigenvalue weighted by atomic mass is 32.1. The summed E-state index contributed by atoms with van der Waals surface area (Å²) >= 11 is 1.87. The van der Waals surface area contributed by atoms with Crippen molar-refractivity contribution >= 4 is 11.3 Å². The number of nitrogens with zero attached hydrogens (tertiary/aromatic N) is 1. The number of likely N-dealkylation sites (tertiary alicyclic amines) is 1. The fraction of sp³-hybridized carbons (Fsp3) is 0.714. The molecule has 1 aromatic heterocycles. The maximum Gasteiger partial charge on any atom is 0.0564 e. The van der Waals surface area contributed by atoms with E-state index in [0.29, 0.717) is 0 Å². The smallest absolute Gasteiger partial charge is 0.0564 e. The van der Waals surface area contributed by atoms with Crippen LogP contribution in [-0.2, 0) is 6.54 Å². The fourth-order valence-corrected chi connectivity index (χ4v) is 3.22. The largest absolute Gasteiger partial charge is 0.393 e. The molecule has 0 radical (unpaired) electrons. The lowest BCUT2D eigenvalue weighted by molar-refractivity contribution is 0.0821. The molecule has 0 unspecified atom stereocenters. The van der Waals surface area contributed by atoms with Crippen LogP contribution >= 0.6 is 11.3 Å². The van der Waals surface area contributed by atoms with Crippen LogP contribution in [0.2, 0.25) is 0 Å². The molecule has 3 nitrogen and oxygen atoms in total. The number of rotatable bonds is 6. The highest BCUT2D eigenvalue weighted by Gasteiger charge is 2.15. The zero-order valence-electron chi connectivity index (χ0n) is 11.2. The number of thiophene rings is 1. The third-order valence-corrected chi connectivity index (χ3v) is 4.48. The second kappa shape index (κ2) is 7.24. The van der Waals surface area contributed by atoms with Crippen molar-refractivity contribution in [3.05, 3.63) is 21.9 Å². The predicted molar refractivity (Wildman–Crippen MR) is 77.1 cm³/mol. The summed E-state index contributed by atoms with van der Waals surface area (Å²) in [5, 5.41) is 12.9. The molecule has 18 heavy (non-hydrogen) atoms. The van der Waals surface area contributed by atoms with Crippen LogP contribution in [0, 0.1) is 6.92 Å².